The van der Waals surface area contributed by atoms with E-state index in [2.05, 4.69) is 27.6 Å². The van der Waals surface area contributed by atoms with Crippen molar-refractivity contribution in [2.24, 2.45) is 0 Å². The Balaban J connectivity index is 1.76. The van der Waals surface area contributed by atoms with Crippen molar-refractivity contribution >= 4 is 39.9 Å². The molecular formula is C23H26ClFN5O2+. The Hall–Kier alpha value is -2.97. The predicted octanol–water partition coefficient (Wildman–Crippen LogP) is 4.03. The van der Waals surface area contributed by atoms with Gasteiger partial charge in [-0.1, -0.05) is 17.7 Å². The molecule has 0 spiro atoms. The second-order valence-corrected chi connectivity index (χ2v) is 8.67. The quantitative estimate of drug-likeness (QED) is 0.545. The Kier molecular flexibility index (Phi) is 6.17. The van der Waals surface area contributed by atoms with Crippen molar-refractivity contribution in [3.05, 3.63) is 53.1 Å². The van der Waals surface area contributed by atoms with Crippen molar-refractivity contribution in [3.63, 3.8) is 0 Å². The Bertz CT molecular complexity index is 1170. The summed E-state index contributed by atoms with van der Waals surface area (Å²) in [5.41, 5.74) is 1.83. The average Bonchev–Trinajstić information content (AvgIpc) is 3.17. The van der Waals surface area contributed by atoms with E-state index in [0.29, 0.717) is 28.1 Å². The van der Waals surface area contributed by atoms with Gasteiger partial charge >= 0.3 is 0 Å². The summed E-state index contributed by atoms with van der Waals surface area (Å²) in [6, 6.07) is 8.45. The maximum Gasteiger partial charge on any atom is 0.278 e. The summed E-state index contributed by atoms with van der Waals surface area (Å²) >= 11 is 5.93. The van der Waals surface area contributed by atoms with E-state index in [9.17, 15) is 9.18 Å². The van der Waals surface area contributed by atoms with Gasteiger partial charge in [0.1, 0.15) is 24.4 Å². The highest BCUT2D eigenvalue weighted by atomic mass is 35.5. The molecule has 1 amide bonds. The van der Waals surface area contributed by atoms with Crippen LogP contribution < -0.4 is 15.4 Å². The highest BCUT2D eigenvalue weighted by Crippen LogP contribution is 2.35. The third-order valence-corrected chi connectivity index (χ3v) is 6.51. The van der Waals surface area contributed by atoms with E-state index in [0.717, 1.165) is 30.3 Å². The molecule has 32 heavy (non-hydrogen) atoms. The molecule has 0 radical (unpaired) electrons. The van der Waals surface area contributed by atoms with Gasteiger partial charge in [0.2, 0.25) is 0 Å². The van der Waals surface area contributed by atoms with E-state index in [1.807, 2.05) is 12.1 Å². The maximum absolute atomic E-state index is 14.5. The first-order chi connectivity index (χ1) is 15.4. The number of carbonyl (C=O) groups excluding carboxylic acids is 1. The van der Waals surface area contributed by atoms with Crippen LogP contribution in [0.1, 0.15) is 18.4 Å². The van der Waals surface area contributed by atoms with Gasteiger partial charge in [0.05, 0.1) is 36.9 Å². The highest BCUT2D eigenvalue weighted by Gasteiger charge is 2.43. The minimum Gasteiger partial charge on any atom is -0.496 e. The minimum atomic E-state index is -0.543. The standard InChI is InChI=1S/C23H25ClFN5O2/c1-26-23(31)19-8-5-9-30(19,2)12-14-10-15-18(11-20(14)32-3)27-13-28-22(15)29-17-7-4-6-16(24)21(17)25/h4,6-7,10-11,13,19H,5,8-9,12H2,1-3H3,(H-,26,27,28,29,31)/p+1/t19-,30?/m1/s1. The number of ether oxygens (including phenoxy) is 1. The predicted molar refractivity (Wildman–Crippen MR) is 123 cm³/mol. The Morgan fingerprint density at radius 2 is 2.16 bits per heavy atom. The molecule has 1 unspecified atom stereocenters. The monoisotopic (exact) mass is 458 g/mol. The van der Waals surface area contributed by atoms with Crippen LogP contribution in [-0.4, -0.2) is 54.1 Å². The third kappa shape index (κ3) is 4.08. The zero-order chi connectivity index (χ0) is 22.9. The number of aromatic nitrogens is 2. The van der Waals surface area contributed by atoms with Crippen molar-refractivity contribution in [1.29, 1.82) is 0 Å². The molecule has 0 bridgehead atoms. The number of quaternary nitrogens is 1. The summed E-state index contributed by atoms with van der Waals surface area (Å²) in [4.78, 5) is 21.2. The molecule has 7 nitrogen and oxygen atoms in total. The number of likely N-dealkylation sites (tertiary alicyclic amines) is 1. The van der Waals surface area contributed by atoms with E-state index < -0.39 is 5.82 Å². The van der Waals surface area contributed by atoms with Crippen LogP contribution in [0, 0.1) is 5.82 Å². The zero-order valence-corrected chi connectivity index (χ0v) is 19.0. The van der Waals surface area contributed by atoms with Gasteiger partial charge in [-0.05, 0) is 18.2 Å². The molecule has 168 valence electrons. The van der Waals surface area contributed by atoms with Crippen LogP contribution in [-0.2, 0) is 11.3 Å². The van der Waals surface area contributed by atoms with E-state index >= 15 is 0 Å². The highest BCUT2D eigenvalue weighted by molar-refractivity contribution is 6.31. The average molecular weight is 459 g/mol. The molecule has 0 saturated carbocycles. The number of anilines is 2. The lowest BCUT2D eigenvalue weighted by atomic mass is 10.1. The molecule has 1 aliphatic heterocycles. The summed E-state index contributed by atoms with van der Waals surface area (Å²) in [7, 11) is 5.39. The maximum atomic E-state index is 14.5. The van der Waals surface area contributed by atoms with Gasteiger partial charge in [-0.3, -0.25) is 4.79 Å². The van der Waals surface area contributed by atoms with Crippen LogP contribution in [0.3, 0.4) is 0 Å². The van der Waals surface area contributed by atoms with E-state index in [1.165, 1.54) is 12.4 Å². The first kappa shape index (κ1) is 22.2. The summed E-state index contributed by atoms with van der Waals surface area (Å²) in [6.07, 6.45) is 3.24. The lowest BCUT2D eigenvalue weighted by molar-refractivity contribution is -0.925. The first-order valence-electron chi connectivity index (χ1n) is 10.4. The van der Waals surface area contributed by atoms with E-state index in [1.54, 1.807) is 26.3 Å². The molecular weight excluding hydrogens is 433 g/mol. The van der Waals surface area contributed by atoms with Crippen LogP contribution in [0.25, 0.3) is 10.9 Å². The topological polar surface area (TPSA) is 76.1 Å². The molecule has 2 aromatic carbocycles. The van der Waals surface area contributed by atoms with Crippen molar-refractivity contribution in [2.75, 3.05) is 33.1 Å². The van der Waals surface area contributed by atoms with E-state index in [-0.39, 0.29) is 22.7 Å². The zero-order valence-electron chi connectivity index (χ0n) is 18.3. The van der Waals surface area contributed by atoms with Gasteiger partial charge in [-0.25, -0.2) is 14.4 Å². The van der Waals surface area contributed by atoms with Crippen LogP contribution in [0.2, 0.25) is 5.02 Å². The molecule has 2 atom stereocenters. The van der Waals surface area contributed by atoms with Crippen LogP contribution in [0.15, 0.2) is 36.7 Å². The van der Waals surface area contributed by atoms with E-state index in [4.69, 9.17) is 16.3 Å². The number of rotatable bonds is 6. The lowest BCUT2D eigenvalue weighted by Crippen LogP contribution is -2.53. The van der Waals surface area contributed by atoms with Gasteiger partial charge in [-0.2, -0.15) is 0 Å². The van der Waals surface area contributed by atoms with Crippen LogP contribution in [0.4, 0.5) is 15.9 Å². The number of nitrogens with one attached hydrogen (secondary N) is 2. The molecule has 4 rings (SSSR count). The summed E-state index contributed by atoms with van der Waals surface area (Å²) in [6.45, 7) is 1.50. The number of benzene rings is 2. The number of fused-ring (bicyclic) bond motifs is 1. The fourth-order valence-electron chi connectivity index (χ4n) is 4.54. The second-order valence-electron chi connectivity index (χ2n) is 8.26. The largest absolute Gasteiger partial charge is 0.496 e. The number of halogens is 2. The second kappa shape index (κ2) is 8.88. The van der Waals surface area contributed by atoms with Crippen LogP contribution >= 0.6 is 11.6 Å². The van der Waals surface area contributed by atoms with Gasteiger partial charge in [0.25, 0.3) is 5.91 Å². The Morgan fingerprint density at radius 3 is 2.91 bits per heavy atom. The molecule has 2 heterocycles. The molecule has 2 N–H and O–H groups in total. The number of hydrogen-bond acceptors (Lipinski definition) is 5. The van der Waals surface area contributed by atoms with Crippen LogP contribution in [0.5, 0.6) is 5.75 Å². The summed E-state index contributed by atoms with van der Waals surface area (Å²) in [5.74, 6) is 0.662. The lowest BCUT2D eigenvalue weighted by Gasteiger charge is -2.35. The third-order valence-electron chi connectivity index (χ3n) is 6.22. The van der Waals surface area contributed by atoms with Gasteiger partial charge < -0.3 is 19.9 Å². The normalized spacial score (nSPS) is 20.3. The molecule has 1 fully saturated rings. The SMILES string of the molecule is CNC(=O)[C@H]1CCC[N+]1(C)Cc1cc2c(Nc3cccc(Cl)c3F)ncnc2cc1OC. The number of methoxy groups -OCH3 is 1. The molecule has 3 aromatic rings. The number of likely N-dealkylation sites (N-methyl/N-ethyl adjacent to an activating group) is 2. The minimum absolute atomic E-state index is 0.0300. The molecule has 1 saturated heterocycles. The van der Waals surface area contributed by atoms with Gasteiger partial charge in [-0.15, -0.1) is 0 Å². The Morgan fingerprint density at radius 1 is 1.34 bits per heavy atom. The van der Waals surface area contributed by atoms with Crippen molar-refractivity contribution < 1.29 is 18.4 Å². The number of carbonyl (C=O) groups is 1. The van der Waals surface area contributed by atoms with Crippen molar-refractivity contribution in [3.8, 4) is 5.75 Å². The van der Waals surface area contributed by atoms with Crippen molar-refractivity contribution in [1.82, 2.24) is 15.3 Å². The van der Waals surface area contributed by atoms with Gasteiger partial charge in [0.15, 0.2) is 11.9 Å². The van der Waals surface area contributed by atoms with Gasteiger partial charge in [0, 0.05) is 36.9 Å². The molecule has 1 aromatic heterocycles. The molecule has 9 heteroatoms. The fourth-order valence-corrected chi connectivity index (χ4v) is 4.72. The Labute approximate surface area is 191 Å². The summed E-state index contributed by atoms with van der Waals surface area (Å²) < 4.78 is 20.7. The number of hydrogen-bond donors (Lipinski definition) is 2. The molecule has 0 aliphatic carbocycles. The molecule has 1 aliphatic rings. The first-order valence-corrected chi connectivity index (χ1v) is 10.8. The summed E-state index contributed by atoms with van der Waals surface area (Å²) in [5, 5.41) is 6.59. The number of nitrogens with zero attached hydrogens (tertiary/aromatic N) is 3. The van der Waals surface area contributed by atoms with Crippen molar-refractivity contribution in [2.45, 2.75) is 25.4 Å². The fraction of sp³-hybridized carbons (Fsp3) is 0.348. The number of amides is 1. The smallest absolute Gasteiger partial charge is 0.278 e.